The van der Waals surface area contributed by atoms with Crippen molar-refractivity contribution >= 4 is 86.7 Å². The lowest BCUT2D eigenvalue weighted by Crippen LogP contribution is -2.54. The number of halogens is 3. The number of benzene rings is 3. The van der Waals surface area contributed by atoms with Gasteiger partial charge in [-0.3, -0.25) is 19.8 Å². The molecule has 1 fully saturated rings. The quantitative estimate of drug-likeness (QED) is 0.167. The minimum atomic E-state index is -0.569. The Bertz CT molecular complexity index is 1280. The molecule has 0 saturated carbocycles. The molecule has 1 aliphatic rings. The van der Waals surface area contributed by atoms with Gasteiger partial charge in [0.2, 0.25) is 0 Å². The first-order valence-corrected chi connectivity index (χ1v) is 11.9. The van der Waals surface area contributed by atoms with E-state index in [0.29, 0.717) is 28.6 Å². The fourth-order valence-corrected chi connectivity index (χ4v) is 4.02. The van der Waals surface area contributed by atoms with E-state index in [1.165, 1.54) is 17.0 Å². The summed E-state index contributed by atoms with van der Waals surface area (Å²) in [5.74, 6) is -0.449. The van der Waals surface area contributed by atoms with Gasteiger partial charge in [0, 0.05) is 3.57 Å². The van der Waals surface area contributed by atoms with E-state index in [-0.39, 0.29) is 15.7 Å². The summed E-state index contributed by atoms with van der Waals surface area (Å²) in [4.78, 5) is 26.8. The zero-order valence-electron chi connectivity index (χ0n) is 16.8. The SMILES string of the molecule is O=C1NC(=S)N(c2ccc(Cl)c(Cl)c2)C(=O)/C1=C/c1ccc(OCc2ccc(I)cc2)cc1. The molecule has 0 aliphatic carbocycles. The van der Waals surface area contributed by atoms with Gasteiger partial charge in [0.1, 0.15) is 17.9 Å². The van der Waals surface area contributed by atoms with Crippen LogP contribution in [0.3, 0.4) is 0 Å². The van der Waals surface area contributed by atoms with E-state index in [9.17, 15) is 9.59 Å². The Morgan fingerprint density at radius 1 is 0.970 bits per heavy atom. The molecule has 0 aromatic heterocycles. The van der Waals surface area contributed by atoms with Gasteiger partial charge in [-0.15, -0.1) is 0 Å². The van der Waals surface area contributed by atoms with Crippen molar-refractivity contribution in [1.82, 2.24) is 5.32 Å². The Morgan fingerprint density at radius 3 is 2.33 bits per heavy atom. The van der Waals surface area contributed by atoms with Crippen molar-refractivity contribution in [2.45, 2.75) is 6.61 Å². The third-order valence-electron chi connectivity index (χ3n) is 4.77. The summed E-state index contributed by atoms with van der Waals surface area (Å²) in [7, 11) is 0. The third kappa shape index (κ3) is 5.55. The van der Waals surface area contributed by atoms with Crippen molar-refractivity contribution in [3.05, 3.63) is 97.0 Å². The largest absolute Gasteiger partial charge is 0.489 e. The van der Waals surface area contributed by atoms with Crippen LogP contribution in [0.1, 0.15) is 11.1 Å². The Kier molecular flexibility index (Phi) is 7.33. The Labute approximate surface area is 219 Å². The number of carbonyl (C=O) groups is 2. The minimum Gasteiger partial charge on any atom is -0.489 e. The topological polar surface area (TPSA) is 58.6 Å². The van der Waals surface area contributed by atoms with E-state index in [4.69, 9.17) is 40.2 Å². The molecule has 1 saturated heterocycles. The third-order valence-corrected chi connectivity index (χ3v) is 6.52. The molecule has 0 atom stereocenters. The first-order valence-electron chi connectivity index (χ1n) is 9.65. The number of ether oxygens (including phenoxy) is 1. The molecule has 33 heavy (non-hydrogen) atoms. The van der Waals surface area contributed by atoms with Gasteiger partial charge < -0.3 is 4.74 Å². The highest BCUT2D eigenvalue weighted by Crippen LogP contribution is 2.29. The highest BCUT2D eigenvalue weighted by Gasteiger charge is 2.34. The maximum Gasteiger partial charge on any atom is 0.270 e. The highest BCUT2D eigenvalue weighted by atomic mass is 127. The van der Waals surface area contributed by atoms with E-state index in [1.807, 2.05) is 24.3 Å². The van der Waals surface area contributed by atoms with Crippen LogP contribution >= 0.6 is 58.0 Å². The molecule has 5 nitrogen and oxygen atoms in total. The standard InChI is InChI=1S/C24H15Cl2IN2O3S/c25-20-10-7-17(12-21(20)26)29-23(31)19(22(30)28-24(29)33)11-14-3-8-18(9-4-14)32-13-15-1-5-16(27)6-2-15/h1-12H,13H2,(H,28,30,33)/b19-11+. The number of amides is 2. The van der Waals surface area contributed by atoms with Gasteiger partial charge >= 0.3 is 0 Å². The molecular weight excluding hydrogens is 594 g/mol. The first-order chi connectivity index (χ1) is 15.8. The maximum absolute atomic E-state index is 13.1. The van der Waals surface area contributed by atoms with E-state index >= 15 is 0 Å². The summed E-state index contributed by atoms with van der Waals surface area (Å²) < 4.78 is 6.97. The van der Waals surface area contributed by atoms with Crippen LogP contribution in [0, 0.1) is 3.57 Å². The lowest BCUT2D eigenvalue weighted by molar-refractivity contribution is -0.122. The fraction of sp³-hybridized carbons (Fsp3) is 0.0417. The van der Waals surface area contributed by atoms with Crippen molar-refractivity contribution in [3.8, 4) is 5.75 Å². The van der Waals surface area contributed by atoms with Crippen LogP contribution in [0.15, 0.2) is 72.3 Å². The van der Waals surface area contributed by atoms with Crippen molar-refractivity contribution in [1.29, 1.82) is 0 Å². The highest BCUT2D eigenvalue weighted by molar-refractivity contribution is 14.1. The summed E-state index contributed by atoms with van der Waals surface area (Å²) in [6.07, 6.45) is 1.51. The van der Waals surface area contributed by atoms with Crippen molar-refractivity contribution in [2.75, 3.05) is 4.90 Å². The van der Waals surface area contributed by atoms with Crippen LogP contribution in [-0.2, 0) is 16.2 Å². The lowest BCUT2D eigenvalue weighted by Gasteiger charge is -2.29. The van der Waals surface area contributed by atoms with E-state index in [0.717, 1.165) is 9.13 Å². The number of nitrogens with zero attached hydrogens (tertiary/aromatic N) is 1. The molecule has 3 aromatic rings. The molecule has 1 aliphatic heterocycles. The van der Waals surface area contributed by atoms with E-state index in [2.05, 4.69) is 27.9 Å². The number of thiocarbonyl (C=S) groups is 1. The van der Waals surface area contributed by atoms with Crippen molar-refractivity contribution < 1.29 is 14.3 Å². The molecule has 166 valence electrons. The van der Waals surface area contributed by atoms with E-state index < -0.39 is 11.8 Å². The first kappa shape index (κ1) is 23.7. The second-order valence-electron chi connectivity index (χ2n) is 7.04. The monoisotopic (exact) mass is 608 g/mol. The molecular formula is C24H15Cl2IN2O3S. The molecule has 0 radical (unpaired) electrons. The summed E-state index contributed by atoms with van der Waals surface area (Å²) in [6.45, 7) is 0.439. The molecule has 1 N–H and O–H groups in total. The number of nitrogens with one attached hydrogen (secondary N) is 1. The molecule has 4 rings (SSSR count). The predicted molar refractivity (Wildman–Crippen MR) is 143 cm³/mol. The average molecular weight is 609 g/mol. The normalized spacial score (nSPS) is 15.1. The van der Waals surface area contributed by atoms with Gasteiger partial charge in [-0.25, -0.2) is 0 Å². The summed E-state index contributed by atoms with van der Waals surface area (Å²) >= 11 is 19.5. The number of hydrogen-bond acceptors (Lipinski definition) is 4. The second kappa shape index (κ2) is 10.2. The van der Waals surface area contributed by atoms with Crippen LogP contribution in [0.25, 0.3) is 6.08 Å². The zero-order valence-corrected chi connectivity index (χ0v) is 21.3. The fourth-order valence-electron chi connectivity index (χ4n) is 3.09. The van der Waals surface area contributed by atoms with E-state index in [1.54, 1.807) is 36.4 Å². The maximum atomic E-state index is 13.1. The number of carbonyl (C=O) groups excluding carboxylic acids is 2. The van der Waals surface area contributed by atoms with Crippen molar-refractivity contribution in [2.24, 2.45) is 0 Å². The molecule has 0 bridgehead atoms. The average Bonchev–Trinajstić information content (AvgIpc) is 2.79. The number of rotatable bonds is 5. The van der Waals surface area contributed by atoms with Crippen molar-refractivity contribution in [3.63, 3.8) is 0 Å². The minimum absolute atomic E-state index is 0.0279. The molecule has 0 unspecified atom stereocenters. The Morgan fingerprint density at radius 2 is 1.67 bits per heavy atom. The zero-order chi connectivity index (χ0) is 23.5. The number of hydrogen-bond donors (Lipinski definition) is 1. The second-order valence-corrected chi connectivity index (χ2v) is 9.49. The van der Waals surface area contributed by atoms with Gasteiger partial charge in [0.05, 0.1) is 15.7 Å². The predicted octanol–water partition coefficient (Wildman–Crippen LogP) is 6.01. The van der Waals surface area contributed by atoms with Gasteiger partial charge in [0.15, 0.2) is 5.11 Å². The summed E-state index contributed by atoms with van der Waals surface area (Å²) in [5.41, 5.74) is 2.08. The van der Waals surface area contributed by atoms with Crippen LogP contribution in [0.5, 0.6) is 5.75 Å². The van der Waals surface area contributed by atoms with Crippen LogP contribution in [0.4, 0.5) is 5.69 Å². The van der Waals surface area contributed by atoms with Gasteiger partial charge in [-0.05, 0) is 94.5 Å². The van der Waals surface area contributed by atoms with Crippen LogP contribution in [-0.4, -0.2) is 16.9 Å². The summed E-state index contributed by atoms with van der Waals surface area (Å²) in [5, 5.41) is 3.14. The Balaban J connectivity index is 1.52. The molecule has 2 amide bonds. The van der Waals surface area contributed by atoms with Gasteiger partial charge in [-0.1, -0.05) is 47.5 Å². The van der Waals surface area contributed by atoms with Gasteiger partial charge in [-0.2, -0.15) is 0 Å². The lowest BCUT2D eigenvalue weighted by atomic mass is 10.1. The molecule has 3 aromatic carbocycles. The molecule has 9 heteroatoms. The smallest absolute Gasteiger partial charge is 0.270 e. The van der Waals surface area contributed by atoms with Crippen LogP contribution in [0.2, 0.25) is 10.0 Å². The summed E-state index contributed by atoms with van der Waals surface area (Å²) in [6, 6.07) is 19.9. The molecule has 1 heterocycles. The number of anilines is 1. The van der Waals surface area contributed by atoms with Crippen LogP contribution < -0.4 is 15.0 Å². The van der Waals surface area contributed by atoms with Gasteiger partial charge in [0.25, 0.3) is 11.8 Å². The molecule has 0 spiro atoms. The Hall–Kier alpha value is -2.46.